The Morgan fingerprint density at radius 2 is 1.42 bits per heavy atom. The van der Waals surface area contributed by atoms with Crippen LogP contribution in [0.4, 0.5) is 0 Å². The molecule has 120 valence electrons. The minimum atomic E-state index is 1.06. The fourth-order valence-corrected chi connectivity index (χ4v) is 3.34. The van der Waals surface area contributed by atoms with Crippen LogP contribution in [0.15, 0.2) is 54.1 Å². The van der Waals surface area contributed by atoms with Gasteiger partial charge in [-0.3, -0.25) is 0 Å². The van der Waals surface area contributed by atoms with E-state index >= 15 is 0 Å². The van der Waals surface area contributed by atoms with Crippen molar-refractivity contribution in [1.29, 1.82) is 0 Å². The van der Waals surface area contributed by atoms with Crippen molar-refractivity contribution in [3.63, 3.8) is 0 Å². The van der Waals surface area contributed by atoms with Gasteiger partial charge in [0.1, 0.15) is 0 Å². The van der Waals surface area contributed by atoms with Crippen LogP contribution in [0.1, 0.15) is 35.7 Å². The lowest BCUT2D eigenvalue weighted by atomic mass is 9.94. The molecule has 2 heteroatoms. The highest BCUT2D eigenvalue weighted by Crippen LogP contribution is 2.34. The molecule has 3 aromatic rings. The quantitative estimate of drug-likeness (QED) is 0.610. The van der Waals surface area contributed by atoms with Gasteiger partial charge in [0.05, 0.1) is 17.1 Å². The molecule has 24 heavy (non-hydrogen) atoms. The number of allylic oxidation sites excluding steroid dienone is 1. The number of rotatable bonds is 2. The normalized spacial score (nSPS) is 13.5. The van der Waals surface area contributed by atoms with Crippen molar-refractivity contribution >= 4 is 6.08 Å². The molecule has 0 bridgehead atoms. The van der Waals surface area contributed by atoms with Crippen molar-refractivity contribution < 1.29 is 0 Å². The summed E-state index contributed by atoms with van der Waals surface area (Å²) in [5.41, 5.74) is 10.0. The van der Waals surface area contributed by atoms with Crippen LogP contribution in [0.5, 0.6) is 0 Å². The lowest BCUT2D eigenvalue weighted by molar-refractivity contribution is 0.881. The highest BCUT2D eigenvalue weighted by Gasteiger charge is 2.21. The van der Waals surface area contributed by atoms with E-state index in [0.29, 0.717) is 0 Å². The number of aromatic nitrogens is 2. The van der Waals surface area contributed by atoms with Gasteiger partial charge in [-0.2, -0.15) is 5.10 Å². The van der Waals surface area contributed by atoms with E-state index in [9.17, 15) is 0 Å². The first-order chi connectivity index (χ1) is 11.6. The third-order valence-corrected chi connectivity index (χ3v) is 4.77. The number of hydrogen-bond donors (Lipinski definition) is 0. The van der Waals surface area contributed by atoms with E-state index in [2.05, 4.69) is 80.1 Å². The molecular formula is C22H22N2. The Hall–Kier alpha value is -2.61. The predicted molar refractivity (Wildman–Crippen MR) is 100 cm³/mol. The second kappa shape index (κ2) is 5.79. The predicted octanol–water partition coefficient (Wildman–Crippen LogP) is 5.51. The molecule has 1 aromatic heterocycles. The zero-order chi connectivity index (χ0) is 16.7. The van der Waals surface area contributed by atoms with Crippen molar-refractivity contribution in [2.24, 2.45) is 0 Å². The lowest BCUT2D eigenvalue weighted by Gasteiger charge is -2.12. The maximum Gasteiger partial charge on any atom is 0.0893 e. The van der Waals surface area contributed by atoms with Gasteiger partial charge in [0.25, 0.3) is 0 Å². The zero-order valence-electron chi connectivity index (χ0n) is 14.5. The van der Waals surface area contributed by atoms with Gasteiger partial charge in [-0.15, -0.1) is 0 Å². The first-order valence-electron chi connectivity index (χ1n) is 8.55. The van der Waals surface area contributed by atoms with Crippen molar-refractivity contribution in [3.05, 3.63) is 76.5 Å². The Bertz CT molecular complexity index is 910. The van der Waals surface area contributed by atoms with E-state index in [0.717, 1.165) is 24.2 Å². The molecule has 0 unspecified atom stereocenters. The minimum Gasteiger partial charge on any atom is -0.232 e. The van der Waals surface area contributed by atoms with Crippen LogP contribution in [0, 0.1) is 13.8 Å². The molecule has 2 nitrogen and oxygen atoms in total. The molecule has 0 amide bonds. The first-order valence-corrected chi connectivity index (χ1v) is 8.55. The van der Waals surface area contributed by atoms with Crippen LogP contribution in [-0.4, -0.2) is 9.78 Å². The molecule has 0 fully saturated rings. The summed E-state index contributed by atoms with van der Waals surface area (Å²) in [6, 6.07) is 17.4. The monoisotopic (exact) mass is 314 g/mol. The van der Waals surface area contributed by atoms with Gasteiger partial charge in [-0.25, -0.2) is 4.68 Å². The Kier molecular flexibility index (Phi) is 3.61. The van der Waals surface area contributed by atoms with Gasteiger partial charge >= 0.3 is 0 Å². The lowest BCUT2D eigenvalue weighted by Crippen LogP contribution is -2.00. The molecule has 0 spiro atoms. The van der Waals surface area contributed by atoms with Crippen molar-refractivity contribution in [2.45, 2.75) is 33.6 Å². The zero-order valence-corrected chi connectivity index (χ0v) is 14.5. The Morgan fingerprint density at radius 1 is 0.792 bits per heavy atom. The maximum atomic E-state index is 4.94. The topological polar surface area (TPSA) is 17.8 Å². The third kappa shape index (κ3) is 2.58. The Morgan fingerprint density at radius 3 is 2.08 bits per heavy atom. The van der Waals surface area contributed by atoms with E-state index in [4.69, 9.17) is 5.10 Å². The summed E-state index contributed by atoms with van der Waals surface area (Å²) < 4.78 is 2.11. The van der Waals surface area contributed by atoms with Crippen LogP contribution in [0.3, 0.4) is 0 Å². The Balaban J connectivity index is 1.95. The summed E-state index contributed by atoms with van der Waals surface area (Å²) in [6.45, 7) is 6.44. The van der Waals surface area contributed by atoms with Crippen molar-refractivity contribution in [1.82, 2.24) is 9.78 Å². The fourth-order valence-electron chi connectivity index (χ4n) is 3.34. The number of hydrogen-bond acceptors (Lipinski definition) is 1. The van der Waals surface area contributed by atoms with Gasteiger partial charge < -0.3 is 0 Å². The molecule has 0 N–H and O–H groups in total. The maximum absolute atomic E-state index is 4.94. The SMILES string of the molecule is CC1=Cc2nn(-c3ccc(C)cc3)c(-c3ccc(C)cc3)c2CC1. The average molecular weight is 314 g/mol. The van der Waals surface area contributed by atoms with Crippen LogP contribution in [0.2, 0.25) is 0 Å². The first kappa shape index (κ1) is 14.9. The number of benzene rings is 2. The highest BCUT2D eigenvalue weighted by atomic mass is 15.3. The van der Waals surface area contributed by atoms with Gasteiger partial charge in [0, 0.05) is 11.1 Å². The van der Waals surface area contributed by atoms with Gasteiger partial charge in [-0.05, 0) is 51.8 Å². The van der Waals surface area contributed by atoms with Gasteiger partial charge in [0.15, 0.2) is 0 Å². The smallest absolute Gasteiger partial charge is 0.0893 e. The van der Waals surface area contributed by atoms with E-state index in [-0.39, 0.29) is 0 Å². The molecule has 4 rings (SSSR count). The van der Waals surface area contributed by atoms with Crippen molar-refractivity contribution in [3.8, 4) is 16.9 Å². The largest absolute Gasteiger partial charge is 0.232 e. The molecule has 0 aliphatic heterocycles. The summed E-state index contributed by atoms with van der Waals surface area (Å²) >= 11 is 0. The summed E-state index contributed by atoms with van der Waals surface area (Å²) in [5.74, 6) is 0. The fraction of sp³-hybridized carbons (Fsp3) is 0.227. The molecule has 2 aromatic carbocycles. The van der Waals surface area contributed by atoms with E-state index in [1.807, 2.05) is 0 Å². The molecule has 0 radical (unpaired) electrons. The second-order valence-electron chi connectivity index (χ2n) is 6.82. The molecule has 1 aliphatic rings. The highest BCUT2D eigenvalue weighted by molar-refractivity contribution is 5.72. The van der Waals surface area contributed by atoms with Gasteiger partial charge in [0.2, 0.25) is 0 Å². The van der Waals surface area contributed by atoms with Gasteiger partial charge in [-0.1, -0.05) is 53.1 Å². The molecule has 0 atom stereocenters. The summed E-state index contributed by atoms with van der Waals surface area (Å²) in [7, 11) is 0. The van der Waals surface area contributed by atoms with E-state index in [1.54, 1.807) is 0 Å². The number of nitrogens with zero attached hydrogens (tertiary/aromatic N) is 2. The number of fused-ring (bicyclic) bond motifs is 1. The molecule has 1 heterocycles. The molecule has 0 saturated heterocycles. The summed E-state index contributed by atoms with van der Waals surface area (Å²) in [4.78, 5) is 0. The van der Waals surface area contributed by atoms with Crippen LogP contribution < -0.4 is 0 Å². The van der Waals surface area contributed by atoms with E-state index in [1.165, 1.54) is 33.5 Å². The molecular weight excluding hydrogens is 292 g/mol. The third-order valence-electron chi connectivity index (χ3n) is 4.77. The van der Waals surface area contributed by atoms with Crippen molar-refractivity contribution in [2.75, 3.05) is 0 Å². The number of aryl methyl sites for hydroxylation is 2. The molecule has 1 aliphatic carbocycles. The minimum absolute atomic E-state index is 1.06. The van der Waals surface area contributed by atoms with E-state index < -0.39 is 0 Å². The Labute approximate surface area is 143 Å². The second-order valence-corrected chi connectivity index (χ2v) is 6.82. The van der Waals surface area contributed by atoms with Crippen LogP contribution in [-0.2, 0) is 6.42 Å². The van der Waals surface area contributed by atoms with Crippen LogP contribution in [0.25, 0.3) is 23.0 Å². The summed E-state index contributed by atoms with van der Waals surface area (Å²) in [6.07, 6.45) is 4.42. The van der Waals surface area contributed by atoms with Crippen LogP contribution >= 0.6 is 0 Å². The summed E-state index contributed by atoms with van der Waals surface area (Å²) in [5, 5.41) is 4.94. The average Bonchev–Trinajstić information content (AvgIpc) is 2.94. The standard InChI is InChI=1S/C22H22N2/c1-15-4-9-18(10-5-15)22-20-13-8-17(3)14-21(20)23-24(22)19-11-6-16(2)7-12-19/h4-7,9-12,14H,8,13H2,1-3H3. The molecule has 0 saturated carbocycles.